The Hall–Kier alpha value is -2.11. The highest BCUT2D eigenvalue weighted by atomic mass is 19.1. The van der Waals surface area contributed by atoms with Crippen LogP contribution in [0, 0.1) is 29.0 Å². The third kappa shape index (κ3) is 4.13. The van der Waals surface area contributed by atoms with Crippen LogP contribution in [0.5, 0.6) is 5.75 Å². The topological polar surface area (TPSA) is 66.8 Å². The van der Waals surface area contributed by atoms with Crippen molar-refractivity contribution in [2.75, 3.05) is 13.2 Å². The van der Waals surface area contributed by atoms with Gasteiger partial charge < -0.3 is 14.7 Å². The van der Waals surface area contributed by atoms with Crippen LogP contribution < -0.4 is 4.74 Å². The Morgan fingerprint density at radius 1 is 1.16 bits per heavy atom. The lowest BCUT2D eigenvalue weighted by Gasteiger charge is -2.47. The molecule has 0 radical (unpaired) electrons. The van der Waals surface area contributed by atoms with Crippen LogP contribution in [0.4, 0.5) is 4.39 Å². The Morgan fingerprint density at radius 3 is 2.41 bits per heavy atom. The van der Waals surface area contributed by atoms with Crippen LogP contribution >= 0.6 is 0 Å². The Bertz CT molecular complexity index is 909. The van der Waals surface area contributed by atoms with Crippen LogP contribution in [0.1, 0.15) is 87.1 Å². The maximum Gasteiger partial charge on any atom is 0.326 e. The van der Waals surface area contributed by atoms with Gasteiger partial charge in [0.25, 0.3) is 5.91 Å². The highest BCUT2D eigenvalue weighted by Gasteiger charge is 2.42. The predicted molar refractivity (Wildman–Crippen MR) is 118 cm³/mol. The molecule has 1 aromatic carbocycles. The van der Waals surface area contributed by atoms with Crippen molar-refractivity contribution in [1.29, 1.82) is 0 Å². The summed E-state index contributed by atoms with van der Waals surface area (Å²) >= 11 is 0. The summed E-state index contributed by atoms with van der Waals surface area (Å²) in [6, 6.07) is 2.14. The van der Waals surface area contributed by atoms with Gasteiger partial charge in [-0.05, 0) is 86.7 Å². The third-order valence-electron chi connectivity index (χ3n) is 8.19. The highest BCUT2D eigenvalue weighted by molar-refractivity contribution is 5.98. The summed E-state index contributed by atoms with van der Waals surface area (Å²) in [6.07, 6.45) is 8.71. The zero-order valence-electron chi connectivity index (χ0n) is 19.1. The lowest BCUT2D eigenvalue weighted by atomic mass is 9.60. The molecule has 0 aromatic heterocycles. The molecular formula is C26H34FNO4. The molecule has 1 aromatic rings. The van der Waals surface area contributed by atoms with Crippen molar-refractivity contribution in [3.8, 4) is 5.75 Å². The normalized spacial score (nSPS) is 34.0. The Kier molecular flexibility index (Phi) is 5.45. The summed E-state index contributed by atoms with van der Waals surface area (Å²) in [5.74, 6) is 1.02. The molecule has 1 N–H and O–H groups in total. The number of rotatable bonds is 6. The van der Waals surface area contributed by atoms with Crippen molar-refractivity contribution in [3.63, 3.8) is 0 Å². The second-order valence-electron chi connectivity index (χ2n) is 11.3. The first-order chi connectivity index (χ1) is 15.2. The van der Waals surface area contributed by atoms with Gasteiger partial charge in [0.1, 0.15) is 17.6 Å². The molecule has 3 atom stereocenters. The van der Waals surface area contributed by atoms with Crippen molar-refractivity contribution in [1.82, 2.24) is 4.90 Å². The van der Waals surface area contributed by atoms with Crippen LogP contribution in [0.3, 0.4) is 0 Å². The zero-order valence-corrected chi connectivity index (χ0v) is 19.1. The molecule has 1 aliphatic heterocycles. The fourth-order valence-corrected chi connectivity index (χ4v) is 6.69. The van der Waals surface area contributed by atoms with E-state index in [1.807, 2.05) is 0 Å². The Morgan fingerprint density at radius 2 is 1.84 bits per heavy atom. The average Bonchev–Trinajstić information content (AvgIpc) is 3.49. The number of amides is 1. The van der Waals surface area contributed by atoms with E-state index in [9.17, 15) is 14.7 Å². The van der Waals surface area contributed by atoms with Crippen LogP contribution in [-0.2, 0) is 4.79 Å². The first kappa shape index (κ1) is 21.7. The first-order valence-corrected chi connectivity index (χ1v) is 12.2. The summed E-state index contributed by atoms with van der Waals surface area (Å²) in [5.41, 5.74) is 0.972. The number of carbonyl (C=O) groups excluding carboxylic acids is 1. The van der Waals surface area contributed by atoms with Crippen molar-refractivity contribution >= 4 is 11.9 Å². The number of benzene rings is 1. The lowest BCUT2D eigenvalue weighted by Crippen LogP contribution is -2.55. The molecule has 3 unspecified atom stereocenters. The standard InChI is InChI=1S/C26H34FNO4/c1-15-7-16-9-17(8-15)13-26(2,12-16)14-32-23-11-21(27)20(10-19(23)18-3-4-18)24(29)28-6-5-22(28)25(30)31/h10-11,15-18,22H,3-9,12-14H2,1-2H3,(H,30,31). The SMILES string of the molecule is CC1CC2CC(C1)CC(C)(COc1cc(F)c(C(=O)N3CCC3C(=O)O)cc1C1CC1)C2. The van der Waals surface area contributed by atoms with E-state index in [1.54, 1.807) is 6.07 Å². The van der Waals surface area contributed by atoms with Gasteiger partial charge in [0, 0.05) is 18.0 Å². The van der Waals surface area contributed by atoms with Gasteiger partial charge in [0.15, 0.2) is 0 Å². The summed E-state index contributed by atoms with van der Waals surface area (Å²) in [4.78, 5) is 25.4. The number of carboxylic acid groups (broad SMARTS) is 1. The number of halogens is 1. The molecule has 3 aliphatic carbocycles. The molecular weight excluding hydrogens is 409 g/mol. The van der Waals surface area contributed by atoms with Gasteiger partial charge in [-0.1, -0.05) is 13.8 Å². The predicted octanol–water partition coefficient (Wildman–Crippen LogP) is 5.23. The minimum absolute atomic E-state index is 0.0300. The molecule has 4 aliphatic rings. The molecule has 174 valence electrons. The van der Waals surface area contributed by atoms with E-state index in [0.717, 1.165) is 49.0 Å². The second kappa shape index (κ2) is 8.03. The van der Waals surface area contributed by atoms with E-state index in [1.165, 1.54) is 30.2 Å². The third-order valence-corrected chi connectivity index (χ3v) is 8.19. The monoisotopic (exact) mass is 443 g/mol. The number of nitrogens with zero attached hydrogens (tertiary/aromatic N) is 1. The van der Waals surface area contributed by atoms with E-state index in [2.05, 4.69) is 13.8 Å². The van der Waals surface area contributed by atoms with E-state index in [4.69, 9.17) is 4.74 Å². The molecule has 1 amide bonds. The van der Waals surface area contributed by atoms with Crippen molar-refractivity contribution < 1.29 is 23.8 Å². The van der Waals surface area contributed by atoms with Gasteiger partial charge in [-0.25, -0.2) is 9.18 Å². The summed E-state index contributed by atoms with van der Waals surface area (Å²) in [5, 5.41) is 9.25. The zero-order chi connectivity index (χ0) is 22.6. The number of carbonyl (C=O) groups is 2. The van der Waals surface area contributed by atoms with Gasteiger partial charge in [-0.15, -0.1) is 0 Å². The molecule has 4 fully saturated rings. The number of hydrogen-bond acceptors (Lipinski definition) is 3. The quantitative estimate of drug-likeness (QED) is 0.653. The van der Waals surface area contributed by atoms with Gasteiger partial charge in [0.2, 0.25) is 0 Å². The van der Waals surface area contributed by atoms with E-state index in [-0.39, 0.29) is 11.0 Å². The molecule has 6 heteroatoms. The van der Waals surface area contributed by atoms with Crippen LogP contribution in [0.25, 0.3) is 0 Å². The minimum Gasteiger partial charge on any atom is -0.493 e. The maximum absolute atomic E-state index is 15.0. The summed E-state index contributed by atoms with van der Waals surface area (Å²) in [7, 11) is 0. The largest absolute Gasteiger partial charge is 0.493 e. The highest BCUT2D eigenvalue weighted by Crippen LogP contribution is 2.51. The number of ether oxygens (including phenoxy) is 1. The Labute approximate surface area is 189 Å². The van der Waals surface area contributed by atoms with Gasteiger partial charge in [-0.2, -0.15) is 0 Å². The molecule has 0 spiro atoms. The van der Waals surface area contributed by atoms with E-state index < -0.39 is 23.7 Å². The van der Waals surface area contributed by atoms with Gasteiger partial charge in [-0.3, -0.25) is 4.79 Å². The van der Waals surface area contributed by atoms with E-state index in [0.29, 0.717) is 31.2 Å². The second-order valence-corrected chi connectivity index (χ2v) is 11.3. The van der Waals surface area contributed by atoms with Crippen molar-refractivity contribution in [3.05, 3.63) is 29.1 Å². The van der Waals surface area contributed by atoms with Crippen LogP contribution in [-0.4, -0.2) is 41.1 Å². The molecule has 2 bridgehead atoms. The summed E-state index contributed by atoms with van der Waals surface area (Å²) in [6.45, 7) is 5.60. The molecule has 5 rings (SSSR count). The number of hydrogen-bond donors (Lipinski definition) is 1. The molecule has 1 saturated heterocycles. The average molecular weight is 444 g/mol. The van der Waals surface area contributed by atoms with Crippen molar-refractivity contribution in [2.24, 2.45) is 23.2 Å². The van der Waals surface area contributed by atoms with Crippen LogP contribution in [0.15, 0.2) is 12.1 Å². The minimum atomic E-state index is -1.03. The van der Waals surface area contributed by atoms with Crippen molar-refractivity contribution in [2.45, 2.75) is 77.2 Å². The van der Waals surface area contributed by atoms with Gasteiger partial charge >= 0.3 is 5.97 Å². The number of likely N-dealkylation sites (tertiary alicyclic amines) is 1. The molecule has 5 nitrogen and oxygen atoms in total. The number of aliphatic carboxylic acids is 1. The summed E-state index contributed by atoms with van der Waals surface area (Å²) < 4.78 is 21.3. The number of carboxylic acids is 1. The Balaban J connectivity index is 1.33. The molecule has 32 heavy (non-hydrogen) atoms. The molecule has 1 heterocycles. The number of fused-ring (bicyclic) bond motifs is 2. The molecule has 3 saturated carbocycles. The maximum atomic E-state index is 15.0. The van der Waals surface area contributed by atoms with Gasteiger partial charge in [0.05, 0.1) is 12.2 Å². The smallest absolute Gasteiger partial charge is 0.326 e. The first-order valence-electron chi connectivity index (χ1n) is 12.2. The fourth-order valence-electron chi connectivity index (χ4n) is 6.69. The lowest BCUT2D eigenvalue weighted by molar-refractivity contribution is -0.146. The van der Waals surface area contributed by atoms with Crippen LogP contribution in [0.2, 0.25) is 0 Å². The van der Waals surface area contributed by atoms with E-state index >= 15 is 4.39 Å². The fraction of sp³-hybridized carbons (Fsp3) is 0.692.